The van der Waals surface area contributed by atoms with Crippen molar-refractivity contribution in [2.45, 2.75) is 13.0 Å². The molecule has 0 spiro atoms. The summed E-state index contributed by atoms with van der Waals surface area (Å²) in [6.07, 6.45) is 1.63. The number of hydrogen-bond donors (Lipinski definition) is 2. The van der Waals surface area contributed by atoms with Crippen LogP contribution < -0.4 is 24.8 Å². The number of nitrogens with one attached hydrogen (secondary N) is 2. The highest BCUT2D eigenvalue weighted by Gasteiger charge is 2.35. The van der Waals surface area contributed by atoms with Gasteiger partial charge in [-0.15, -0.1) is 5.10 Å². The van der Waals surface area contributed by atoms with Crippen molar-refractivity contribution < 1.29 is 19.0 Å². The second kappa shape index (κ2) is 10.5. The molecule has 38 heavy (non-hydrogen) atoms. The number of ether oxygens (including phenoxy) is 3. The SMILES string of the molecule is COc1cc(-c2nc3n(n2)[C@H](c2ccc(Br)cc2)C(C(=O)Nc2ccccn2)=C(C)N3)cc(OC)c1OC. The van der Waals surface area contributed by atoms with E-state index in [4.69, 9.17) is 24.3 Å². The van der Waals surface area contributed by atoms with Crippen LogP contribution in [0.3, 0.4) is 0 Å². The van der Waals surface area contributed by atoms with Gasteiger partial charge in [0.1, 0.15) is 11.9 Å². The molecule has 0 saturated carbocycles. The first-order chi connectivity index (χ1) is 18.4. The van der Waals surface area contributed by atoms with E-state index in [2.05, 4.69) is 31.5 Å². The van der Waals surface area contributed by atoms with Gasteiger partial charge < -0.3 is 24.8 Å². The largest absolute Gasteiger partial charge is 0.493 e. The van der Waals surface area contributed by atoms with Gasteiger partial charge in [0.05, 0.1) is 26.9 Å². The van der Waals surface area contributed by atoms with E-state index in [0.29, 0.717) is 51.7 Å². The lowest BCUT2D eigenvalue weighted by molar-refractivity contribution is -0.113. The average Bonchev–Trinajstić information content (AvgIpc) is 3.36. The lowest BCUT2D eigenvalue weighted by Crippen LogP contribution is -2.31. The van der Waals surface area contributed by atoms with Crippen LogP contribution in [0.2, 0.25) is 0 Å². The highest BCUT2D eigenvalue weighted by molar-refractivity contribution is 9.10. The number of allylic oxidation sites excluding steroid dienone is 1. The summed E-state index contributed by atoms with van der Waals surface area (Å²) >= 11 is 3.49. The molecular weight excluding hydrogens is 552 g/mol. The predicted molar refractivity (Wildman–Crippen MR) is 147 cm³/mol. The monoisotopic (exact) mass is 576 g/mol. The smallest absolute Gasteiger partial charge is 0.257 e. The third-order valence-corrected chi connectivity index (χ3v) is 6.64. The van der Waals surface area contributed by atoms with Gasteiger partial charge in [-0.1, -0.05) is 34.1 Å². The molecule has 0 unspecified atom stereocenters. The highest BCUT2D eigenvalue weighted by atomic mass is 79.9. The van der Waals surface area contributed by atoms with Gasteiger partial charge in [-0.3, -0.25) is 4.79 Å². The maximum absolute atomic E-state index is 13.6. The Morgan fingerprint density at radius 2 is 1.74 bits per heavy atom. The Hall–Kier alpha value is -4.38. The number of anilines is 2. The number of carbonyl (C=O) groups excluding carboxylic acids is 1. The van der Waals surface area contributed by atoms with E-state index in [-0.39, 0.29) is 5.91 Å². The third-order valence-electron chi connectivity index (χ3n) is 6.11. The Bertz CT molecular complexity index is 1490. The van der Waals surface area contributed by atoms with Crippen LogP contribution in [0, 0.1) is 0 Å². The molecule has 2 aromatic carbocycles. The topological polar surface area (TPSA) is 112 Å². The first-order valence-electron chi connectivity index (χ1n) is 11.7. The lowest BCUT2D eigenvalue weighted by Gasteiger charge is -2.28. The maximum atomic E-state index is 13.6. The number of fused-ring (bicyclic) bond motifs is 1. The molecule has 5 rings (SSSR count). The number of pyridine rings is 1. The van der Waals surface area contributed by atoms with Crippen LogP contribution in [-0.2, 0) is 4.79 Å². The van der Waals surface area contributed by atoms with Gasteiger partial charge in [-0.2, -0.15) is 4.98 Å². The van der Waals surface area contributed by atoms with Gasteiger partial charge in [-0.05, 0) is 48.9 Å². The van der Waals surface area contributed by atoms with Crippen molar-refractivity contribution in [2.75, 3.05) is 32.0 Å². The summed E-state index contributed by atoms with van der Waals surface area (Å²) in [4.78, 5) is 22.6. The van der Waals surface area contributed by atoms with Crippen LogP contribution in [0.1, 0.15) is 18.5 Å². The van der Waals surface area contributed by atoms with E-state index < -0.39 is 6.04 Å². The number of amides is 1. The molecule has 0 aliphatic carbocycles. The number of hydrogen-bond acceptors (Lipinski definition) is 8. The molecular formula is C27H25BrN6O4. The minimum atomic E-state index is -0.550. The third kappa shape index (κ3) is 4.68. The molecule has 11 heteroatoms. The van der Waals surface area contributed by atoms with Crippen molar-refractivity contribution in [3.8, 4) is 28.6 Å². The molecule has 2 N–H and O–H groups in total. The molecule has 0 fully saturated rings. The second-order valence-corrected chi connectivity index (χ2v) is 9.32. The first-order valence-corrected chi connectivity index (χ1v) is 12.4. The van der Waals surface area contributed by atoms with Crippen molar-refractivity contribution in [1.29, 1.82) is 0 Å². The van der Waals surface area contributed by atoms with E-state index in [1.165, 1.54) is 0 Å². The fourth-order valence-electron chi connectivity index (χ4n) is 4.35. The summed E-state index contributed by atoms with van der Waals surface area (Å²) in [6.45, 7) is 1.84. The summed E-state index contributed by atoms with van der Waals surface area (Å²) in [5.74, 6) is 2.52. The van der Waals surface area contributed by atoms with Crippen molar-refractivity contribution in [3.05, 3.63) is 82.1 Å². The fourth-order valence-corrected chi connectivity index (χ4v) is 4.62. The first kappa shape index (κ1) is 25.3. The number of benzene rings is 2. The van der Waals surface area contributed by atoms with Crippen LogP contribution in [0.4, 0.5) is 11.8 Å². The molecule has 1 aliphatic rings. The molecule has 3 heterocycles. The standard InChI is InChI=1S/C27H25BrN6O4/c1-15-22(26(35)31-21-7-5-6-12-29-21)23(16-8-10-18(28)11-9-16)34-27(30-15)32-25(33-34)17-13-19(36-2)24(38-4)20(14-17)37-3/h5-14,23H,1-4H3,(H,29,31,35)(H,30,32,33)/t23-/m1/s1. The summed E-state index contributed by atoms with van der Waals surface area (Å²) in [7, 11) is 4.65. The van der Waals surface area contributed by atoms with Crippen LogP contribution in [0.15, 0.2) is 76.5 Å². The zero-order valence-corrected chi connectivity index (χ0v) is 22.7. The van der Waals surface area contributed by atoms with Gasteiger partial charge in [0.2, 0.25) is 11.7 Å². The van der Waals surface area contributed by atoms with E-state index >= 15 is 0 Å². The Labute approximate surface area is 227 Å². The maximum Gasteiger partial charge on any atom is 0.257 e. The number of carbonyl (C=O) groups is 1. The normalized spacial score (nSPS) is 14.4. The quantitative estimate of drug-likeness (QED) is 0.314. The van der Waals surface area contributed by atoms with E-state index in [1.54, 1.807) is 56.5 Å². The van der Waals surface area contributed by atoms with Gasteiger partial charge in [0, 0.05) is 21.9 Å². The minimum Gasteiger partial charge on any atom is -0.493 e. The van der Waals surface area contributed by atoms with E-state index in [0.717, 1.165) is 10.0 Å². The van der Waals surface area contributed by atoms with Crippen molar-refractivity contribution in [3.63, 3.8) is 0 Å². The number of methoxy groups -OCH3 is 3. The van der Waals surface area contributed by atoms with Crippen LogP contribution in [0.5, 0.6) is 17.2 Å². The van der Waals surface area contributed by atoms with E-state index in [9.17, 15) is 4.79 Å². The van der Waals surface area contributed by atoms with Crippen molar-refractivity contribution in [1.82, 2.24) is 19.7 Å². The molecule has 1 aliphatic heterocycles. The minimum absolute atomic E-state index is 0.294. The fraction of sp³-hybridized carbons (Fsp3) is 0.185. The van der Waals surface area contributed by atoms with Crippen LogP contribution in [0.25, 0.3) is 11.4 Å². The van der Waals surface area contributed by atoms with E-state index in [1.807, 2.05) is 37.3 Å². The van der Waals surface area contributed by atoms with Crippen molar-refractivity contribution >= 4 is 33.6 Å². The molecule has 10 nitrogen and oxygen atoms in total. The van der Waals surface area contributed by atoms with Crippen LogP contribution in [-0.4, -0.2) is 47.0 Å². The Morgan fingerprint density at radius 3 is 2.34 bits per heavy atom. The lowest BCUT2D eigenvalue weighted by atomic mass is 9.95. The van der Waals surface area contributed by atoms with Crippen LogP contribution >= 0.6 is 15.9 Å². The van der Waals surface area contributed by atoms with Gasteiger partial charge in [-0.25, -0.2) is 9.67 Å². The predicted octanol–water partition coefficient (Wildman–Crippen LogP) is 5.06. The summed E-state index contributed by atoms with van der Waals surface area (Å²) < 4.78 is 19.1. The number of nitrogens with zero attached hydrogens (tertiary/aromatic N) is 4. The van der Waals surface area contributed by atoms with Crippen molar-refractivity contribution in [2.24, 2.45) is 0 Å². The Kier molecular flexibility index (Phi) is 7.01. The molecule has 4 aromatic rings. The molecule has 0 saturated heterocycles. The second-order valence-electron chi connectivity index (χ2n) is 8.40. The van der Waals surface area contributed by atoms with Gasteiger partial charge in [0.25, 0.3) is 5.91 Å². The summed E-state index contributed by atoms with van der Waals surface area (Å²) in [6, 6.07) is 16.1. The van der Waals surface area contributed by atoms with Gasteiger partial charge in [0.15, 0.2) is 17.3 Å². The summed E-state index contributed by atoms with van der Waals surface area (Å²) in [5.41, 5.74) is 2.67. The Morgan fingerprint density at radius 1 is 1.03 bits per heavy atom. The zero-order chi connectivity index (χ0) is 26.8. The number of halogens is 1. The summed E-state index contributed by atoms with van der Waals surface area (Å²) in [5, 5.41) is 11.0. The molecule has 2 aromatic heterocycles. The number of aromatic nitrogens is 4. The molecule has 0 bridgehead atoms. The molecule has 0 radical (unpaired) electrons. The Balaban J connectivity index is 1.62. The molecule has 194 valence electrons. The average molecular weight is 577 g/mol. The van der Waals surface area contributed by atoms with Gasteiger partial charge >= 0.3 is 0 Å². The zero-order valence-electron chi connectivity index (χ0n) is 21.2. The molecule has 1 amide bonds. The molecule has 1 atom stereocenters. The highest BCUT2D eigenvalue weighted by Crippen LogP contribution is 2.42. The number of rotatable bonds is 7.